The molecule has 0 aliphatic heterocycles. The van der Waals surface area contributed by atoms with Gasteiger partial charge in [-0.3, -0.25) is 4.79 Å². The summed E-state index contributed by atoms with van der Waals surface area (Å²) < 4.78 is 4.61. The molecular formula is C14H20O2. The van der Waals surface area contributed by atoms with Crippen molar-refractivity contribution in [1.82, 2.24) is 0 Å². The third kappa shape index (κ3) is 4.96. The first-order valence-electron chi connectivity index (χ1n) is 5.83. The van der Waals surface area contributed by atoms with E-state index in [0.717, 1.165) is 19.3 Å². The average molecular weight is 220 g/mol. The zero-order valence-electron chi connectivity index (χ0n) is 10.1. The minimum absolute atomic E-state index is 0.105. The molecule has 0 spiro atoms. The Morgan fingerprint density at radius 2 is 2.00 bits per heavy atom. The van der Waals surface area contributed by atoms with Crippen molar-refractivity contribution in [1.29, 1.82) is 0 Å². The fourth-order valence-electron chi connectivity index (χ4n) is 1.82. The fourth-order valence-corrected chi connectivity index (χ4v) is 1.82. The van der Waals surface area contributed by atoms with Crippen LogP contribution in [0, 0.1) is 5.92 Å². The van der Waals surface area contributed by atoms with Crippen molar-refractivity contribution in [2.45, 2.75) is 32.6 Å². The number of ether oxygens (including phenoxy) is 1. The molecular weight excluding hydrogens is 200 g/mol. The Balaban J connectivity index is 2.21. The molecule has 0 aliphatic rings. The summed E-state index contributed by atoms with van der Waals surface area (Å²) in [6.07, 6.45) is 3.61. The van der Waals surface area contributed by atoms with Crippen LogP contribution in [0.5, 0.6) is 0 Å². The van der Waals surface area contributed by atoms with Crippen LogP contribution < -0.4 is 0 Å². The lowest BCUT2D eigenvalue weighted by Gasteiger charge is -2.10. The van der Waals surface area contributed by atoms with Gasteiger partial charge in [0.15, 0.2) is 0 Å². The third-order valence-corrected chi connectivity index (χ3v) is 2.73. The van der Waals surface area contributed by atoms with Gasteiger partial charge in [-0.15, -0.1) is 0 Å². The zero-order valence-corrected chi connectivity index (χ0v) is 10.1. The molecule has 0 amide bonds. The summed E-state index contributed by atoms with van der Waals surface area (Å²) in [6.45, 7) is 2.23. The maximum absolute atomic E-state index is 10.9. The lowest BCUT2D eigenvalue weighted by Crippen LogP contribution is -2.03. The Morgan fingerprint density at radius 1 is 1.31 bits per heavy atom. The SMILES string of the molecule is COC(=O)CCCC(C)Cc1ccccc1. The smallest absolute Gasteiger partial charge is 0.305 e. The minimum atomic E-state index is -0.105. The van der Waals surface area contributed by atoms with E-state index in [0.29, 0.717) is 12.3 Å². The zero-order chi connectivity index (χ0) is 11.8. The Labute approximate surface area is 97.6 Å². The lowest BCUT2D eigenvalue weighted by atomic mass is 9.96. The molecule has 2 nitrogen and oxygen atoms in total. The van der Waals surface area contributed by atoms with Crippen LogP contribution in [0.3, 0.4) is 0 Å². The van der Waals surface area contributed by atoms with E-state index in [-0.39, 0.29) is 5.97 Å². The molecule has 1 aromatic rings. The number of carbonyl (C=O) groups excluding carboxylic acids is 1. The Morgan fingerprint density at radius 3 is 2.62 bits per heavy atom. The van der Waals surface area contributed by atoms with Crippen LogP contribution in [-0.2, 0) is 16.0 Å². The lowest BCUT2D eigenvalue weighted by molar-refractivity contribution is -0.140. The summed E-state index contributed by atoms with van der Waals surface area (Å²) in [5.41, 5.74) is 1.37. The summed E-state index contributed by atoms with van der Waals surface area (Å²) in [7, 11) is 1.44. The van der Waals surface area contributed by atoms with Gasteiger partial charge in [0.05, 0.1) is 7.11 Å². The second-order valence-corrected chi connectivity index (χ2v) is 4.26. The van der Waals surface area contributed by atoms with Crippen molar-refractivity contribution in [3.63, 3.8) is 0 Å². The van der Waals surface area contributed by atoms with Crippen LogP contribution in [-0.4, -0.2) is 13.1 Å². The number of esters is 1. The fraction of sp³-hybridized carbons (Fsp3) is 0.500. The molecule has 0 saturated carbocycles. The first kappa shape index (κ1) is 12.8. The van der Waals surface area contributed by atoms with Gasteiger partial charge in [0, 0.05) is 6.42 Å². The normalized spacial score (nSPS) is 12.1. The maximum Gasteiger partial charge on any atom is 0.305 e. The molecule has 1 atom stereocenters. The number of rotatable bonds is 6. The van der Waals surface area contributed by atoms with E-state index in [4.69, 9.17) is 0 Å². The van der Waals surface area contributed by atoms with Gasteiger partial charge < -0.3 is 4.74 Å². The predicted octanol–water partition coefficient (Wildman–Crippen LogP) is 3.21. The molecule has 0 N–H and O–H groups in total. The van der Waals surface area contributed by atoms with Crippen molar-refractivity contribution in [2.24, 2.45) is 5.92 Å². The summed E-state index contributed by atoms with van der Waals surface area (Å²) in [5.74, 6) is 0.513. The van der Waals surface area contributed by atoms with Gasteiger partial charge in [-0.05, 0) is 30.7 Å². The van der Waals surface area contributed by atoms with Gasteiger partial charge in [0.1, 0.15) is 0 Å². The van der Waals surface area contributed by atoms with Crippen molar-refractivity contribution in [2.75, 3.05) is 7.11 Å². The highest BCUT2D eigenvalue weighted by molar-refractivity contribution is 5.68. The van der Waals surface area contributed by atoms with Crippen molar-refractivity contribution in [3.8, 4) is 0 Å². The highest BCUT2D eigenvalue weighted by Crippen LogP contribution is 2.14. The largest absolute Gasteiger partial charge is 0.469 e. The number of methoxy groups -OCH3 is 1. The average Bonchev–Trinajstić information content (AvgIpc) is 2.30. The van der Waals surface area contributed by atoms with E-state index in [9.17, 15) is 4.79 Å². The van der Waals surface area contributed by atoms with E-state index in [1.807, 2.05) is 6.07 Å². The molecule has 1 rings (SSSR count). The van der Waals surface area contributed by atoms with Crippen LogP contribution in [0.1, 0.15) is 31.7 Å². The van der Waals surface area contributed by atoms with E-state index >= 15 is 0 Å². The molecule has 88 valence electrons. The first-order valence-corrected chi connectivity index (χ1v) is 5.83. The predicted molar refractivity (Wildman–Crippen MR) is 65.2 cm³/mol. The van der Waals surface area contributed by atoms with E-state index < -0.39 is 0 Å². The van der Waals surface area contributed by atoms with Gasteiger partial charge in [-0.25, -0.2) is 0 Å². The monoisotopic (exact) mass is 220 g/mol. The molecule has 0 aromatic heterocycles. The van der Waals surface area contributed by atoms with Crippen LogP contribution in [0.15, 0.2) is 30.3 Å². The third-order valence-electron chi connectivity index (χ3n) is 2.73. The Bertz CT molecular complexity index is 306. The maximum atomic E-state index is 10.9. The molecule has 0 fully saturated rings. The summed E-state index contributed by atoms with van der Waals surface area (Å²) in [5, 5.41) is 0. The van der Waals surface area contributed by atoms with E-state index in [1.54, 1.807) is 0 Å². The van der Waals surface area contributed by atoms with Gasteiger partial charge in [-0.2, -0.15) is 0 Å². The van der Waals surface area contributed by atoms with Gasteiger partial charge in [0.25, 0.3) is 0 Å². The summed E-state index contributed by atoms with van der Waals surface area (Å²) in [6, 6.07) is 10.5. The summed E-state index contributed by atoms with van der Waals surface area (Å²) >= 11 is 0. The highest BCUT2D eigenvalue weighted by Gasteiger charge is 2.05. The van der Waals surface area contributed by atoms with Crippen LogP contribution in [0.25, 0.3) is 0 Å². The second-order valence-electron chi connectivity index (χ2n) is 4.26. The Kier molecular flexibility index (Phi) is 5.62. The number of carbonyl (C=O) groups is 1. The topological polar surface area (TPSA) is 26.3 Å². The van der Waals surface area contributed by atoms with Crippen LogP contribution >= 0.6 is 0 Å². The first-order chi connectivity index (χ1) is 7.72. The van der Waals surface area contributed by atoms with Gasteiger partial charge in [0.2, 0.25) is 0 Å². The van der Waals surface area contributed by atoms with Crippen molar-refractivity contribution < 1.29 is 9.53 Å². The molecule has 2 heteroatoms. The van der Waals surface area contributed by atoms with E-state index in [1.165, 1.54) is 12.7 Å². The van der Waals surface area contributed by atoms with Crippen molar-refractivity contribution in [3.05, 3.63) is 35.9 Å². The van der Waals surface area contributed by atoms with Gasteiger partial charge in [-0.1, -0.05) is 37.3 Å². The number of hydrogen-bond acceptors (Lipinski definition) is 2. The molecule has 1 unspecified atom stereocenters. The quantitative estimate of drug-likeness (QED) is 0.688. The minimum Gasteiger partial charge on any atom is -0.469 e. The van der Waals surface area contributed by atoms with Gasteiger partial charge >= 0.3 is 5.97 Å². The molecule has 0 saturated heterocycles. The van der Waals surface area contributed by atoms with Crippen molar-refractivity contribution >= 4 is 5.97 Å². The molecule has 0 heterocycles. The molecule has 1 aromatic carbocycles. The number of benzene rings is 1. The Hall–Kier alpha value is -1.31. The second kappa shape index (κ2) is 7.04. The summed E-state index contributed by atoms with van der Waals surface area (Å²) in [4.78, 5) is 10.9. The van der Waals surface area contributed by atoms with E-state index in [2.05, 4.69) is 35.9 Å². The van der Waals surface area contributed by atoms with Crippen LogP contribution in [0.2, 0.25) is 0 Å². The molecule has 0 aliphatic carbocycles. The molecule has 16 heavy (non-hydrogen) atoms. The molecule has 0 bridgehead atoms. The highest BCUT2D eigenvalue weighted by atomic mass is 16.5. The standard InChI is InChI=1S/C14H20O2/c1-12(7-6-10-14(15)16-2)11-13-8-4-3-5-9-13/h3-5,8-9,12H,6-7,10-11H2,1-2H3. The molecule has 0 radical (unpaired) electrons. The van der Waals surface area contributed by atoms with Crippen LogP contribution in [0.4, 0.5) is 0 Å². The number of hydrogen-bond donors (Lipinski definition) is 0.